The van der Waals surface area contributed by atoms with Gasteiger partial charge in [-0.3, -0.25) is 4.57 Å². The molecule has 0 atom stereocenters. The summed E-state index contributed by atoms with van der Waals surface area (Å²) >= 11 is 0. The first-order chi connectivity index (χ1) is 8.71. The van der Waals surface area contributed by atoms with Gasteiger partial charge in [0.2, 0.25) is 0 Å². The Morgan fingerprint density at radius 3 is 2.05 bits per heavy atom. The molecule has 0 bridgehead atoms. The summed E-state index contributed by atoms with van der Waals surface area (Å²) in [7, 11) is -2.27. The van der Waals surface area contributed by atoms with E-state index < -0.39 is 10.0 Å². The Labute approximate surface area is 112 Å². The molecule has 2 aromatic rings. The third-order valence-corrected chi connectivity index (χ3v) is 3.85. The number of benzene rings is 1. The molecule has 2 N–H and O–H groups in total. The van der Waals surface area contributed by atoms with Crippen LogP contribution in [-0.4, -0.2) is 23.2 Å². The average Bonchev–Trinajstić information content (AvgIpc) is 2.58. The monoisotopic (exact) mass is 280 g/mol. The standard InChI is InChI=1S/C12H16N4O2S/c1-7-5-8(2)10(9(3)6-7)11-14-15-12(16(11)4)19(13,17)18/h5-6H,1-4H3,(H2,13,17,18). The normalized spacial score (nSPS) is 11.8. The Morgan fingerprint density at radius 2 is 1.63 bits per heavy atom. The van der Waals surface area contributed by atoms with Crippen molar-refractivity contribution in [2.45, 2.75) is 25.9 Å². The zero-order chi connectivity index (χ0) is 14.4. The van der Waals surface area contributed by atoms with Gasteiger partial charge in [-0.05, 0) is 31.9 Å². The number of hydrogen-bond acceptors (Lipinski definition) is 4. The lowest BCUT2D eigenvalue weighted by atomic mass is 9.99. The van der Waals surface area contributed by atoms with Crippen LogP contribution in [0.2, 0.25) is 0 Å². The van der Waals surface area contributed by atoms with Gasteiger partial charge in [0.05, 0.1) is 0 Å². The maximum atomic E-state index is 11.4. The van der Waals surface area contributed by atoms with E-state index in [9.17, 15) is 8.42 Å². The van der Waals surface area contributed by atoms with Crippen molar-refractivity contribution in [3.8, 4) is 11.4 Å². The fourth-order valence-electron chi connectivity index (χ4n) is 2.31. The van der Waals surface area contributed by atoms with Crippen LogP contribution in [0.15, 0.2) is 17.3 Å². The van der Waals surface area contributed by atoms with Gasteiger partial charge in [-0.1, -0.05) is 17.7 Å². The highest BCUT2D eigenvalue weighted by molar-refractivity contribution is 7.89. The molecule has 1 aromatic carbocycles. The molecule has 0 aliphatic carbocycles. The molecule has 0 aliphatic heterocycles. The third-order valence-electron chi connectivity index (χ3n) is 2.99. The molecule has 0 amide bonds. The lowest BCUT2D eigenvalue weighted by Gasteiger charge is -2.10. The van der Waals surface area contributed by atoms with Gasteiger partial charge in [0.15, 0.2) is 5.82 Å². The average molecular weight is 280 g/mol. The van der Waals surface area contributed by atoms with Crippen LogP contribution in [0.3, 0.4) is 0 Å². The molecule has 0 fully saturated rings. The first kappa shape index (κ1) is 13.7. The maximum Gasteiger partial charge on any atom is 0.273 e. The zero-order valence-corrected chi connectivity index (χ0v) is 12.1. The van der Waals surface area contributed by atoms with Crippen LogP contribution >= 0.6 is 0 Å². The van der Waals surface area contributed by atoms with Crippen molar-refractivity contribution in [3.05, 3.63) is 28.8 Å². The first-order valence-corrected chi connectivity index (χ1v) is 7.27. The minimum Gasteiger partial charge on any atom is -0.300 e. The van der Waals surface area contributed by atoms with Crippen molar-refractivity contribution in [2.75, 3.05) is 0 Å². The molecular weight excluding hydrogens is 264 g/mol. The molecule has 7 heteroatoms. The zero-order valence-electron chi connectivity index (χ0n) is 11.3. The van der Waals surface area contributed by atoms with Crippen molar-refractivity contribution in [1.82, 2.24) is 14.8 Å². The number of hydrogen-bond donors (Lipinski definition) is 1. The second kappa shape index (κ2) is 4.43. The molecule has 0 spiro atoms. The highest BCUT2D eigenvalue weighted by Gasteiger charge is 2.21. The number of nitrogens with zero attached hydrogens (tertiary/aromatic N) is 3. The summed E-state index contributed by atoms with van der Waals surface area (Å²) in [5, 5.41) is 12.5. The topological polar surface area (TPSA) is 90.9 Å². The van der Waals surface area contributed by atoms with Crippen molar-refractivity contribution < 1.29 is 8.42 Å². The Kier molecular flexibility index (Phi) is 3.19. The van der Waals surface area contributed by atoms with Crippen LogP contribution in [0.4, 0.5) is 0 Å². The van der Waals surface area contributed by atoms with Gasteiger partial charge < -0.3 is 0 Å². The van der Waals surface area contributed by atoms with Crippen LogP contribution in [-0.2, 0) is 17.1 Å². The lowest BCUT2D eigenvalue weighted by Crippen LogP contribution is -2.17. The summed E-state index contributed by atoms with van der Waals surface area (Å²) in [6.07, 6.45) is 0. The fourth-order valence-corrected chi connectivity index (χ4v) is 2.94. The molecule has 0 saturated heterocycles. The van der Waals surface area contributed by atoms with Crippen LogP contribution in [0.1, 0.15) is 16.7 Å². The van der Waals surface area contributed by atoms with Crippen molar-refractivity contribution in [1.29, 1.82) is 0 Å². The van der Waals surface area contributed by atoms with E-state index in [2.05, 4.69) is 10.2 Å². The summed E-state index contributed by atoms with van der Waals surface area (Å²) in [5.41, 5.74) is 4.08. The van der Waals surface area contributed by atoms with Gasteiger partial charge in [-0.25, -0.2) is 13.6 Å². The highest BCUT2D eigenvalue weighted by Crippen LogP contribution is 2.27. The molecule has 1 heterocycles. The SMILES string of the molecule is Cc1cc(C)c(-c2nnc(S(N)(=O)=O)n2C)c(C)c1. The van der Waals surface area contributed by atoms with Crippen molar-refractivity contribution in [3.63, 3.8) is 0 Å². The Morgan fingerprint density at radius 1 is 1.11 bits per heavy atom. The number of nitrogens with two attached hydrogens (primary N) is 1. The second-order valence-corrected chi connectivity index (χ2v) is 6.14. The number of primary sulfonamides is 1. The predicted molar refractivity (Wildman–Crippen MR) is 72.0 cm³/mol. The van der Waals surface area contributed by atoms with E-state index in [1.54, 1.807) is 7.05 Å². The number of sulfonamides is 1. The largest absolute Gasteiger partial charge is 0.300 e. The van der Waals surface area contributed by atoms with Crippen LogP contribution < -0.4 is 5.14 Å². The van der Waals surface area contributed by atoms with Crippen LogP contribution in [0.5, 0.6) is 0 Å². The minimum atomic E-state index is -3.87. The molecule has 1 aromatic heterocycles. The van der Waals surface area contributed by atoms with E-state index in [0.717, 1.165) is 22.3 Å². The second-order valence-electron chi connectivity index (χ2n) is 4.68. The van der Waals surface area contributed by atoms with Crippen LogP contribution in [0, 0.1) is 20.8 Å². The summed E-state index contributed by atoms with van der Waals surface area (Å²) in [6, 6.07) is 4.04. The Hall–Kier alpha value is -1.73. The van der Waals surface area contributed by atoms with Gasteiger partial charge in [0.25, 0.3) is 15.2 Å². The van der Waals surface area contributed by atoms with E-state index in [-0.39, 0.29) is 5.16 Å². The molecule has 0 unspecified atom stereocenters. The van der Waals surface area contributed by atoms with Gasteiger partial charge in [-0.15, -0.1) is 10.2 Å². The first-order valence-electron chi connectivity index (χ1n) is 5.72. The van der Waals surface area contributed by atoms with Crippen LogP contribution in [0.25, 0.3) is 11.4 Å². The van der Waals surface area contributed by atoms with Gasteiger partial charge in [0.1, 0.15) is 0 Å². The van der Waals surface area contributed by atoms with E-state index in [1.807, 2.05) is 32.9 Å². The van der Waals surface area contributed by atoms with Gasteiger partial charge in [0, 0.05) is 12.6 Å². The Bertz CT molecular complexity index is 724. The predicted octanol–water partition coefficient (Wildman–Crippen LogP) is 1.05. The highest BCUT2D eigenvalue weighted by atomic mass is 32.2. The molecule has 102 valence electrons. The molecule has 0 aliphatic rings. The number of aromatic nitrogens is 3. The fraction of sp³-hybridized carbons (Fsp3) is 0.333. The number of rotatable bonds is 2. The minimum absolute atomic E-state index is 0.234. The molecular formula is C12H16N4O2S. The molecule has 0 radical (unpaired) electrons. The van der Waals surface area contributed by atoms with E-state index in [4.69, 9.17) is 5.14 Å². The summed E-state index contributed by atoms with van der Waals surface area (Å²) in [4.78, 5) is 0. The van der Waals surface area contributed by atoms with Crippen molar-refractivity contribution >= 4 is 10.0 Å². The van der Waals surface area contributed by atoms with E-state index in [0.29, 0.717) is 5.82 Å². The summed E-state index contributed by atoms with van der Waals surface area (Å²) in [6.45, 7) is 5.93. The summed E-state index contributed by atoms with van der Waals surface area (Å²) < 4.78 is 24.2. The quantitative estimate of drug-likeness (QED) is 0.890. The van der Waals surface area contributed by atoms with E-state index in [1.165, 1.54) is 4.57 Å². The molecule has 6 nitrogen and oxygen atoms in total. The van der Waals surface area contributed by atoms with E-state index >= 15 is 0 Å². The summed E-state index contributed by atoms with van der Waals surface area (Å²) in [5.74, 6) is 0.499. The Balaban J connectivity index is 2.72. The molecule has 2 rings (SSSR count). The lowest BCUT2D eigenvalue weighted by molar-refractivity contribution is 0.580. The van der Waals surface area contributed by atoms with Gasteiger partial charge in [-0.2, -0.15) is 0 Å². The van der Waals surface area contributed by atoms with Gasteiger partial charge >= 0.3 is 0 Å². The van der Waals surface area contributed by atoms with Crippen molar-refractivity contribution in [2.24, 2.45) is 12.2 Å². The molecule has 0 saturated carbocycles. The smallest absolute Gasteiger partial charge is 0.273 e. The molecule has 19 heavy (non-hydrogen) atoms. The number of aryl methyl sites for hydroxylation is 3. The third kappa shape index (κ3) is 2.39. The maximum absolute atomic E-state index is 11.4.